The lowest BCUT2D eigenvalue weighted by Crippen LogP contribution is -2.46. The van der Waals surface area contributed by atoms with Crippen LogP contribution in [0.1, 0.15) is 26.7 Å². The first kappa shape index (κ1) is 28.2. The highest BCUT2D eigenvalue weighted by Gasteiger charge is 2.27. The summed E-state index contributed by atoms with van der Waals surface area (Å²) in [6.45, 7) is 6.87. The van der Waals surface area contributed by atoms with Gasteiger partial charge < -0.3 is 21.3 Å². The van der Waals surface area contributed by atoms with E-state index in [1.165, 1.54) is 6.20 Å². The van der Waals surface area contributed by atoms with E-state index in [-0.39, 0.29) is 27.7 Å². The van der Waals surface area contributed by atoms with Crippen LogP contribution in [0.25, 0.3) is 0 Å². The highest BCUT2D eigenvalue weighted by molar-refractivity contribution is 7.95. The van der Waals surface area contributed by atoms with Crippen LogP contribution in [-0.4, -0.2) is 73.4 Å². The Morgan fingerprint density at radius 1 is 1.16 bits per heavy atom. The van der Waals surface area contributed by atoms with Gasteiger partial charge >= 0.3 is 0 Å². The lowest BCUT2D eigenvalue weighted by atomic mass is 10.2. The number of sulfone groups is 1. The average molecular weight is 582 g/mol. The molecule has 0 saturated carbocycles. The summed E-state index contributed by atoms with van der Waals surface area (Å²) in [5, 5.41) is 12.2. The average Bonchev–Trinajstić information content (AvgIpc) is 2.88. The number of anilines is 4. The molecule has 4 N–H and O–H groups in total. The minimum atomic E-state index is -3.61. The molecule has 1 aromatic carbocycles. The fourth-order valence-corrected chi connectivity index (χ4v) is 5.34. The summed E-state index contributed by atoms with van der Waals surface area (Å²) >= 11 is 12.7. The molecule has 1 amide bonds. The largest absolute Gasteiger partial charge is 0.340 e. The molecule has 11 nitrogen and oxygen atoms in total. The first-order chi connectivity index (χ1) is 18.1. The Bertz CT molecular complexity index is 1360. The number of piperazine rings is 1. The highest BCUT2D eigenvalue weighted by atomic mass is 35.5. The van der Waals surface area contributed by atoms with E-state index in [2.05, 4.69) is 41.1 Å². The quantitative estimate of drug-likeness (QED) is 0.349. The number of nitrogens with one attached hydrogen (secondary N) is 4. The zero-order chi connectivity index (χ0) is 27.3. The summed E-state index contributed by atoms with van der Waals surface area (Å²) < 4.78 is 25.6. The van der Waals surface area contributed by atoms with Crippen LogP contribution in [0, 0.1) is 0 Å². The minimum absolute atomic E-state index is 0.0183. The van der Waals surface area contributed by atoms with E-state index in [9.17, 15) is 13.2 Å². The molecule has 4 rings (SSSR count). The normalized spacial score (nSPS) is 16.6. The fraction of sp³-hybridized carbons (Fsp3) is 0.417. The number of aromatic nitrogens is 2. The molecule has 0 radical (unpaired) electrons. The Balaban J connectivity index is 1.51. The van der Waals surface area contributed by atoms with E-state index in [1.807, 2.05) is 0 Å². The number of nitrogens with zero attached hydrogens (tertiary/aromatic N) is 4. The molecule has 1 fully saturated rings. The van der Waals surface area contributed by atoms with E-state index in [4.69, 9.17) is 23.2 Å². The predicted molar refractivity (Wildman–Crippen MR) is 152 cm³/mol. The number of allylic oxidation sites excluding steroid dienone is 1. The zero-order valence-corrected chi connectivity index (χ0v) is 23.4. The summed E-state index contributed by atoms with van der Waals surface area (Å²) in [4.78, 5) is 27.4. The summed E-state index contributed by atoms with van der Waals surface area (Å²) in [7, 11) is -3.61. The maximum atomic E-state index is 12.8. The predicted octanol–water partition coefficient (Wildman–Crippen LogP) is 3.64. The second-order valence-corrected chi connectivity index (χ2v) is 12.4. The maximum absolute atomic E-state index is 12.8. The van der Waals surface area contributed by atoms with Gasteiger partial charge in [0.25, 0.3) is 0 Å². The van der Waals surface area contributed by atoms with Gasteiger partial charge in [0.05, 0.1) is 34.4 Å². The molecule has 38 heavy (non-hydrogen) atoms. The SMILES string of the molecule is CC(C)S(=O)(=O)C1=C(Nc2nc(Nc3cc(NC(=O)CN4CCNCC4)ccc3Cl)ncc2Cl)CCC=N1. The molecule has 0 unspecified atom stereocenters. The number of hydrogen-bond acceptors (Lipinski definition) is 10. The monoisotopic (exact) mass is 580 g/mol. The number of hydrogen-bond donors (Lipinski definition) is 4. The maximum Gasteiger partial charge on any atom is 0.238 e. The van der Waals surface area contributed by atoms with Crippen molar-refractivity contribution in [3.63, 3.8) is 0 Å². The summed E-state index contributed by atoms with van der Waals surface area (Å²) in [5.41, 5.74) is 1.46. The Hall–Kier alpha value is -2.77. The van der Waals surface area contributed by atoms with Crippen molar-refractivity contribution in [3.8, 4) is 0 Å². The van der Waals surface area contributed by atoms with Crippen molar-refractivity contribution in [3.05, 3.63) is 45.2 Å². The Morgan fingerprint density at radius 3 is 2.66 bits per heavy atom. The molecule has 14 heteroatoms. The number of aliphatic imine (C=N–C) groups is 1. The van der Waals surface area contributed by atoms with Gasteiger partial charge in [-0.25, -0.2) is 18.4 Å². The molecular formula is C24H30Cl2N8O3S. The van der Waals surface area contributed by atoms with Crippen molar-refractivity contribution in [2.45, 2.75) is 31.9 Å². The smallest absolute Gasteiger partial charge is 0.238 e. The lowest BCUT2D eigenvalue weighted by molar-refractivity contribution is -0.117. The molecule has 0 aliphatic carbocycles. The van der Waals surface area contributed by atoms with Gasteiger partial charge in [0.1, 0.15) is 5.02 Å². The first-order valence-electron chi connectivity index (χ1n) is 12.2. The van der Waals surface area contributed by atoms with E-state index in [0.717, 1.165) is 26.2 Å². The fourth-order valence-electron chi connectivity index (χ4n) is 3.88. The first-order valence-corrected chi connectivity index (χ1v) is 14.5. The van der Waals surface area contributed by atoms with Gasteiger partial charge in [0.15, 0.2) is 20.7 Å². The second-order valence-electron chi connectivity index (χ2n) is 9.14. The minimum Gasteiger partial charge on any atom is -0.340 e. The lowest BCUT2D eigenvalue weighted by Gasteiger charge is -2.26. The number of carbonyl (C=O) groups is 1. The standard InChI is InChI=1S/C24H30Cl2N8O3S/c1-15(2)38(36,37)23-19(4-3-7-28-23)31-22-18(26)13-29-24(33-22)32-20-12-16(5-6-17(20)25)30-21(35)14-34-10-8-27-9-11-34/h5-7,12-13,15,27H,3-4,8-11,14H2,1-2H3,(H,30,35)(H2,29,31,32,33). The van der Waals surface area contributed by atoms with Crippen molar-refractivity contribution in [2.75, 3.05) is 48.7 Å². The van der Waals surface area contributed by atoms with Crippen molar-refractivity contribution in [1.82, 2.24) is 20.2 Å². The van der Waals surface area contributed by atoms with Crippen LogP contribution in [0.2, 0.25) is 10.0 Å². The third-order valence-electron chi connectivity index (χ3n) is 5.97. The summed E-state index contributed by atoms with van der Waals surface area (Å²) in [6, 6.07) is 5.06. The van der Waals surface area contributed by atoms with E-state index in [0.29, 0.717) is 41.5 Å². The van der Waals surface area contributed by atoms with Crippen molar-refractivity contribution < 1.29 is 13.2 Å². The van der Waals surface area contributed by atoms with Gasteiger partial charge in [-0.3, -0.25) is 9.69 Å². The van der Waals surface area contributed by atoms with Crippen LogP contribution in [0.3, 0.4) is 0 Å². The van der Waals surface area contributed by atoms with Crippen molar-refractivity contribution in [1.29, 1.82) is 0 Å². The van der Waals surface area contributed by atoms with Crippen LogP contribution < -0.4 is 21.3 Å². The van der Waals surface area contributed by atoms with Crippen LogP contribution in [0.4, 0.5) is 23.1 Å². The van der Waals surface area contributed by atoms with Gasteiger partial charge in [-0.05, 0) is 44.9 Å². The molecule has 2 aliphatic rings. The molecule has 3 heterocycles. The number of benzene rings is 1. The molecule has 2 aliphatic heterocycles. The number of halogens is 2. The Kier molecular flexibility index (Phi) is 9.21. The zero-order valence-electron chi connectivity index (χ0n) is 21.1. The summed E-state index contributed by atoms with van der Waals surface area (Å²) in [6.07, 6.45) is 4.01. The van der Waals surface area contributed by atoms with E-state index < -0.39 is 15.1 Å². The van der Waals surface area contributed by atoms with Crippen LogP contribution in [0.15, 0.2) is 40.1 Å². The van der Waals surface area contributed by atoms with Crippen molar-refractivity contribution in [2.24, 2.45) is 4.99 Å². The molecule has 1 aromatic heterocycles. The summed E-state index contributed by atoms with van der Waals surface area (Å²) in [5.74, 6) is 0.283. The molecule has 0 bridgehead atoms. The van der Waals surface area contributed by atoms with Gasteiger partial charge in [-0.2, -0.15) is 4.98 Å². The Morgan fingerprint density at radius 2 is 1.92 bits per heavy atom. The van der Waals surface area contributed by atoms with Crippen LogP contribution in [-0.2, 0) is 14.6 Å². The third-order valence-corrected chi connectivity index (χ3v) is 8.71. The highest BCUT2D eigenvalue weighted by Crippen LogP contribution is 2.31. The van der Waals surface area contributed by atoms with Gasteiger partial charge in [0.2, 0.25) is 11.9 Å². The van der Waals surface area contributed by atoms with Gasteiger partial charge in [0, 0.05) is 38.1 Å². The molecule has 204 valence electrons. The molecule has 0 spiro atoms. The van der Waals surface area contributed by atoms with E-state index in [1.54, 1.807) is 38.3 Å². The second kappa shape index (κ2) is 12.4. The molecule has 0 atom stereocenters. The Labute approximate surface area is 232 Å². The van der Waals surface area contributed by atoms with Gasteiger partial charge in [-0.1, -0.05) is 23.2 Å². The molecule has 2 aromatic rings. The number of amides is 1. The topological polar surface area (TPSA) is 141 Å². The number of carbonyl (C=O) groups excluding carboxylic acids is 1. The number of rotatable bonds is 9. The van der Waals surface area contributed by atoms with Crippen LogP contribution >= 0.6 is 23.2 Å². The van der Waals surface area contributed by atoms with Crippen LogP contribution in [0.5, 0.6) is 0 Å². The molecular weight excluding hydrogens is 551 g/mol. The van der Waals surface area contributed by atoms with Crippen molar-refractivity contribution >= 4 is 68.3 Å². The third kappa shape index (κ3) is 7.00. The van der Waals surface area contributed by atoms with Gasteiger partial charge in [-0.15, -0.1) is 0 Å². The molecule has 1 saturated heterocycles. The van der Waals surface area contributed by atoms with E-state index >= 15 is 0 Å².